The first-order valence-electron chi connectivity index (χ1n) is 10.4. The van der Waals surface area contributed by atoms with Gasteiger partial charge in [0, 0.05) is 25.1 Å². The highest BCUT2D eigenvalue weighted by atomic mass is 16.5. The number of amides is 3. The predicted octanol–water partition coefficient (Wildman–Crippen LogP) is 2.75. The molecule has 2 aromatic rings. The highest BCUT2D eigenvalue weighted by molar-refractivity contribution is 6.11. The van der Waals surface area contributed by atoms with Crippen LogP contribution in [0.3, 0.4) is 0 Å². The number of benzene rings is 2. The first-order chi connectivity index (χ1) is 14.6. The number of rotatable bonds is 4. The molecule has 30 heavy (non-hydrogen) atoms. The zero-order valence-electron chi connectivity index (χ0n) is 16.6. The van der Waals surface area contributed by atoms with Crippen LogP contribution in [0.25, 0.3) is 0 Å². The minimum absolute atomic E-state index is 0.115. The molecule has 0 bridgehead atoms. The van der Waals surface area contributed by atoms with Gasteiger partial charge in [-0.05, 0) is 54.7 Å². The molecular formula is C23H23N3O4. The second-order valence-corrected chi connectivity index (χ2v) is 7.99. The molecule has 3 aliphatic rings. The van der Waals surface area contributed by atoms with Crippen molar-refractivity contribution < 1.29 is 19.1 Å². The summed E-state index contributed by atoms with van der Waals surface area (Å²) in [6.45, 7) is 1.30. The van der Waals surface area contributed by atoms with Crippen molar-refractivity contribution in [1.82, 2.24) is 4.90 Å². The number of fused-ring (bicyclic) bond motifs is 3. The third kappa shape index (κ3) is 3.40. The molecule has 0 aromatic heterocycles. The Hall–Kier alpha value is -3.35. The van der Waals surface area contributed by atoms with Gasteiger partial charge in [-0.25, -0.2) is 0 Å². The van der Waals surface area contributed by atoms with E-state index in [9.17, 15) is 14.4 Å². The van der Waals surface area contributed by atoms with E-state index in [1.54, 1.807) is 23.1 Å². The lowest BCUT2D eigenvalue weighted by molar-refractivity contribution is -0.119. The number of hydrogen-bond acceptors (Lipinski definition) is 4. The summed E-state index contributed by atoms with van der Waals surface area (Å²) in [6, 6.07) is 10.7. The Bertz CT molecular complexity index is 1050. The van der Waals surface area contributed by atoms with Crippen molar-refractivity contribution in [1.29, 1.82) is 0 Å². The smallest absolute Gasteiger partial charge is 0.256 e. The first kappa shape index (κ1) is 18.7. The van der Waals surface area contributed by atoms with Crippen LogP contribution in [0.4, 0.5) is 11.4 Å². The maximum atomic E-state index is 12.9. The van der Waals surface area contributed by atoms with Crippen molar-refractivity contribution in [3.8, 4) is 5.75 Å². The summed E-state index contributed by atoms with van der Waals surface area (Å²) in [5.74, 6) is 0.513. The summed E-state index contributed by atoms with van der Waals surface area (Å²) < 4.78 is 5.52. The van der Waals surface area contributed by atoms with Crippen LogP contribution in [0.1, 0.15) is 40.7 Å². The molecule has 0 radical (unpaired) electrons. The zero-order chi connectivity index (χ0) is 20.7. The van der Waals surface area contributed by atoms with Crippen molar-refractivity contribution >= 4 is 29.1 Å². The molecule has 1 fully saturated rings. The first-order valence-corrected chi connectivity index (χ1v) is 10.4. The number of anilines is 2. The van der Waals surface area contributed by atoms with Gasteiger partial charge in [0.1, 0.15) is 11.8 Å². The Labute approximate surface area is 174 Å². The quantitative estimate of drug-likeness (QED) is 0.819. The molecule has 0 spiro atoms. The number of carbonyl (C=O) groups excluding carboxylic acids is 3. The SMILES string of the molecule is O=C(CCc1ccc2c(c1)CCO2)Nc1ccc2c(c1)C(=O)N1CCC[C@@H]1C(=O)N2. The zero-order valence-corrected chi connectivity index (χ0v) is 16.6. The van der Waals surface area contributed by atoms with Crippen molar-refractivity contribution in [3.63, 3.8) is 0 Å². The van der Waals surface area contributed by atoms with Gasteiger partial charge in [0.15, 0.2) is 0 Å². The van der Waals surface area contributed by atoms with Crippen molar-refractivity contribution in [3.05, 3.63) is 53.1 Å². The van der Waals surface area contributed by atoms with Crippen LogP contribution in [-0.2, 0) is 22.4 Å². The molecule has 7 heteroatoms. The van der Waals surface area contributed by atoms with E-state index in [4.69, 9.17) is 4.74 Å². The number of hydrogen-bond donors (Lipinski definition) is 2. The van der Waals surface area contributed by atoms with Crippen LogP contribution < -0.4 is 15.4 Å². The van der Waals surface area contributed by atoms with E-state index in [2.05, 4.69) is 16.7 Å². The molecule has 2 aromatic carbocycles. The van der Waals surface area contributed by atoms with Crippen LogP contribution in [0, 0.1) is 0 Å². The lowest BCUT2D eigenvalue weighted by Gasteiger charge is -2.20. The minimum Gasteiger partial charge on any atom is -0.493 e. The van der Waals surface area contributed by atoms with E-state index in [1.165, 1.54) is 5.56 Å². The maximum absolute atomic E-state index is 12.9. The predicted molar refractivity (Wildman–Crippen MR) is 112 cm³/mol. The molecule has 7 nitrogen and oxygen atoms in total. The number of carbonyl (C=O) groups is 3. The fourth-order valence-electron chi connectivity index (χ4n) is 4.44. The summed E-state index contributed by atoms with van der Waals surface area (Å²) in [5.41, 5.74) is 3.78. The van der Waals surface area contributed by atoms with E-state index in [-0.39, 0.29) is 17.7 Å². The van der Waals surface area contributed by atoms with E-state index < -0.39 is 6.04 Å². The highest BCUT2D eigenvalue weighted by Gasteiger charge is 2.38. The van der Waals surface area contributed by atoms with Gasteiger partial charge < -0.3 is 20.3 Å². The van der Waals surface area contributed by atoms with Crippen molar-refractivity contribution in [2.24, 2.45) is 0 Å². The van der Waals surface area contributed by atoms with E-state index >= 15 is 0 Å². The van der Waals surface area contributed by atoms with Gasteiger partial charge in [-0.2, -0.15) is 0 Å². The molecule has 5 rings (SSSR count). The summed E-state index contributed by atoms with van der Waals surface area (Å²) in [6.07, 6.45) is 3.39. The van der Waals surface area contributed by atoms with Gasteiger partial charge in [-0.1, -0.05) is 12.1 Å². The molecular weight excluding hydrogens is 382 g/mol. The van der Waals surface area contributed by atoms with Gasteiger partial charge in [0.2, 0.25) is 11.8 Å². The van der Waals surface area contributed by atoms with Crippen molar-refractivity contribution in [2.75, 3.05) is 23.8 Å². The van der Waals surface area contributed by atoms with E-state index in [0.29, 0.717) is 42.7 Å². The average molecular weight is 405 g/mol. The molecule has 154 valence electrons. The molecule has 0 saturated carbocycles. The van der Waals surface area contributed by atoms with Crippen molar-refractivity contribution in [2.45, 2.75) is 38.1 Å². The van der Waals surface area contributed by atoms with Crippen LogP contribution in [-0.4, -0.2) is 41.8 Å². The summed E-state index contributed by atoms with van der Waals surface area (Å²) in [5, 5.41) is 5.73. The normalized spacial score (nSPS) is 19.3. The average Bonchev–Trinajstić information content (AvgIpc) is 3.40. The van der Waals surface area contributed by atoms with E-state index in [1.807, 2.05) is 12.1 Å². The lowest BCUT2D eigenvalue weighted by Crippen LogP contribution is -2.40. The third-order valence-corrected chi connectivity index (χ3v) is 6.00. The number of nitrogens with zero attached hydrogens (tertiary/aromatic N) is 1. The van der Waals surface area contributed by atoms with Gasteiger partial charge in [0.05, 0.1) is 17.9 Å². The second kappa shape index (κ2) is 7.48. The molecule has 3 heterocycles. The van der Waals surface area contributed by atoms with Crippen LogP contribution in [0.15, 0.2) is 36.4 Å². The highest BCUT2D eigenvalue weighted by Crippen LogP contribution is 2.30. The number of ether oxygens (including phenoxy) is 1. The van der Waals surface area contributed by atoms with E-state index in [0.717, 1.165) is 30.8 Å². The lowest BCUT2D eigenvalue weighted by atomic mass is 10.0. The van der Waals surface area contributed by atoms with Gasteiger partial charge in [0.25, 0.3) is 5.91 Å². The summed E-state index contributed by atoms with van der Waals surface area (Å²) in [4.78, 5) is 39.4. The molecule has 3 amide bonds. The molecule has 3 aliphatic heterocycles. The fraction of sp³-hybridized carbons (Fsp3) is 0.348. The van der Waals surface area contributed by atoms with Gasteiger partial charge in [-0.15, -0.1) is 0 Å². The molecule has 0 aliphatic carbocycles. The molecule has 2 N–H and O–H groups in total. The van der Waals surface area contributed by atoms with Gasteiger partial charge >= 0.3 is 0 Å². The summed E-state index contributed by atoms with van der Waals surface area (Å²) in [7, 11) is 0. The number of aryl methyl sites for hydroxylation is 1. The monoisotopic (exact) mass is 405 g/mol. The van der Waals surface area contributed by atoms with Crippen LogP contribution in [0.2, 0.25) is 0 Å². The largest absolute Gasteiger partial charge is 0.493 e. The fourth-order valence-corrected chi connectivity index (χ4v) is 4.44. The van der Waals surface area contributed by atoms with Gasteiger partial charge in [-0.3, -0.25) is 14.4 Å². The topological polar surface area (TPSA) is 87.7 Å². The molecule has 1 atom stereocenters. The standard InChI is InChI=1S/C23H23N3O4/c27-21(8-4-14-3-7-20-15(12-14)9-11-30-20)24-16-5-6-18-17(13-16)23(29)26-10-1-2-19(26)22(28)25-18/h3,5-7,12-13,19H,1-2,4,8-11H2,(H,24,27)(H,25,28)/t19-/m1/s1. The Morgan fingerprint density at radius 1 is 1.20 bits per heavy atom. The minimum atomic E-state index is -0.402. The number of nitrogens with one attached hydrogen (secondary N) is 2. The van der Waals surface area contributed by atoms with Crippen LogP contribution in [0.5, 0.6) is 5.75 Å². The second-order valence-electron chi connectivity index (χ2n) is 7.99. The van der Waals surface area contributed by atoms with Crippen LogP contribution >= 0.6 is 0 Å². The Kier molecular flexibility index (Phi) is 4.65. The maximum Gasteiger partial charge on any atom is 0.256 e. The Morgan fingerprint density at radius 2 is 2.10 bits per heavy atom. The Morgan fingerprint density at radius 3 is 3.00 bits per heavy atom. The molecule has 0 unspecified atom stereocenters. The third-order valence-electron chi connectivity index (χ3n) is 6.00. The molecule has 1 saturated heterocycles. The summed E-state index contributed by atoms with van der Waals surface area (Å²) >= 11 is 0. The Balaban J connectivity index is 1.27.